The van der Waals surface area contributed by atoms with E-state index >= 15 is 0 Å². The van der Waals surface area contributed by atoms with Crippen LogP contribution in [0.15, 0.2) is 35.7 Å². The van der Waals surface area contributed by atoms with Gasteiger partial charge in [0.15, 0.2) is 0 Å². The van der Waals surface area contributed by atoms with Crippen molar-refractivity contribution in [2.45, 2.75) is 53.0 Å². The standard InChI is InChI=1S/C27H37FN2O3S/c1-19(17-27(2,3)4)16-24(31)29(13-14-33-5)18-25(32)30-12-10-23-22(11-15-34-23)26(30)20-6-8-21(28)9-7-20/h6-9,11,15,19,26H,10,12-14,16-18H2,1-5H3. The summed E-state index contributed by atoms with van der Waals surface area (Å²) in [6.07, 6.45) is 2.12. The van der Waals surface area contributed by atoms with Gasteiger partial charge < -0.3 is 14.5 Å². The maximum Gasteiger partial charge on any atom is 0.242 e. The molecule has 1 aromatic carbocycles. The first-order valence-corrected chi connectivity index (χ1v) is 12.8. The predicted molar refractivity (Wildman–Crippen MR) is 134 cm³/mol. The molecule has 0 spiro atoms. The van der Waals surface area contributed by atoms with Crippen molar-refractivity contribution in [1.82, 2.24) is 9.80 Å². The topological polar surface area (TPSA) is 49.9 Å². The lowest BCUT2D eigenvalue weighted by molar-refractivity contribution is -0.142. The van der Waals surface area contributed by atoms with Crippen molar-refractivity contribution in [2.75, 3.05) is 33.4 Å². The van der Waals surface area contributed by atoms with Gasteiger partial charge in [-0.2, -0.15) is 0 Å². The van der Waals surface area contributed by atoms with Crippen molar-refractivity contribution in [3.05, 3.63) is 57.5 Å². The Balaban J connectivity index is 1.79. The SMILES string of the molecule is COCCN(CC(=O)N1CCc2sccc2C1c1ccc(F)cc1)C(=O)CC(C)CC(C)(C)C. The van der Waals surface area contributed by atoms with E-state index in [2.05, 4.69) is 33.8 Å². The van der Waals surface area contributed by atoms with Crippen LogP contribution in [0.3, 0.4) is 0 Å². The number of halogens is 1. The summed E-state index contributed by atoms with van der Waals surface area (Å²) in [4.78, 5) is 31.5. The Morgan fingerprint density at radius 1 is 1.24 bits per heavy atom. The summed E-state index contributed by atoms with van der Waals surface area (Å²) in [6, 6.07) is 8.13. The van der Waals surface area contributed by atoms with Crippen molar-refractivity contribution in [1.29, 1.82) is 0 Å². The number of fused-ring (bicyclic) bond motifs is 1. The zero-order chi connectivity index (χ0) is 24.9. The molecule has 2 unspecified atom stereocenters. The van der Waals surface area contributed by atoms with Crippen molar-refractivity contribution in [3.63, 3.8) is 0 Å². The second-order valence-electron chi connectivity index (χ2n) is 10.5. The summed E-state index contributed by atoms with van der Waals surface area (Å²) in [5, 5.41) is 2.04. The minimum absolute atomic E-state index is 0.0155. The van der Waals surface area contributed by atoms with E-state index in [1.54, 1.807) is 35.5 Å². The fourth-order valence-electron chi connectivity index (χ4n) is 4.88. The molecular weight excluding hydrogens is 451 g/mol. The highest BCUT2D eigenvalue weighted by atomic mass is 32.1. The molecule has 2 aromatic rings. The van der Waals surface area contributed by atoms with Gasteiger partial charge in [-0.15, -0.1) is 11.3 Å². The van der Waals surface area contributed by atoms with Crippen LogP contribution in [0, 0.1) is 17.2 Å². The molecular formula is C27H37FN2O3S. The van der Waals surface area contributed by atoms with Crippen molar-refractivity contribution in [2.24, 2.45) is 11.3 Å². The summed E-state index contributed by atoms with van der Waals surface area (Å²) in [5.74, 6) is -0.195. The Bertz CT molecular complexity index is 967. The van der Waals surface area contributed by atoms with Crippen LogP contribution < -0.4 is 0 Å². The van der Waals surface area contributed by atoms with Crippen molar-refractivity contribution < 1.29 is 18.7 Å². The molecule has 0 radical (unpaired) electrons. The molecule has 0 fully saturated rings. The first-order valence-electron chi connectivity index (χ1n) is 12.0. The van der Waals surface area contributed by atoms with Crippen LogP contribution in [0.25, 0.3) is 0 Å². The van der Waals surface area contributed by atoms with Gasteiger partial charge in [0, 0.05) is 31.5 Å². The van der Waals surface area contributed by atoms with Crippen molar-refractivity contribution in [3.8, 4) is 0 Å². The van der Waals surface area contributed by atoms with Gasteiger partial charge in [-0.1, -0.05) is 39.8 Å². The number of thiophene rings is 1. The van der Waals surface area contributed by atoms with Crippen LogP contribution in [0.2, 0.25) is 0 Å². The van der Waals surface area contributed by atoms with Crippen molar-refractivity contribution >= 4 is 23.2 Å². The molecule has 0 saturated carbocycles. The highest BCUT2D eigenvalue weighted by Gasteiger charge is 2.34. The molecule has 34 heavy (non-hydrogen) atoms. The molecule has 5 nitrogen and oxygen atoms in total. The zero-order valence-electron chi connectivity index (χ0n) is 21.0. The van der Waals surface area contributed by atoms with E-state index < -0.39 is 0 Å². The first-order chi connectivity index (χ1) is 16.1. The van der Waals surface area contributed by atoms with Gasteiger partial charge in [0.05, 0.1) is 19.2 Å². The summed E-state index contributed by atoms with van der Waals surface area (Å²) < 4.78 is 18.8. The van der Waals surface area contributed by atoms with Gasteiger partial charge in [-0.05, 0) is 58.9 Å². The van der Waals surface area contributed by atoms with Crippen LogP contribution in [-0.2, 0) is 20.7 Å². The molecule has 1 aromatic heterocycles. The lowest BCUT2D eigenvalue weighted by Gasteiger charge is -2.37. The average Bonchev–Trinajstić information content (AvgIpc) is 3.24. The van der Waals surface area contributed by atoms with E-state index in [1.165, 1.54) is 17.0 Å². The molecule has 3 rings (SSSR count). The van der Waals surface area contributed by atoms with Gasteiger partial charge in [-0.3, -0.25) is 9.59 Å². The summed E-state index contributed by atoms with van der Waals surface area (Å²) in [5.41, 5.74) is 2.11. The lowest BCUT2D eigenvalue weighted by atomic mass is 9.84. The number of carbonyl (C=O) groups excluding carboxylic acids is 2. The van der Waals surface area contributed by atoms with Crippen LogP contribution in [-0.4, -0.2) is 55.0 Å². The molecule has 2 amide bonds. The van der Waals surface area contributed by atoms with E-state index in [4.69, 9.17) is 4.74 Å². The van der Waals surface area contributed by atoms with Crippen LogP contribution in [0.1, 0.15) is 62.6 Å². The van der Waals surface area contributed by atoms with E-state index in [1.807, 2.05) is 10.3 Å². The molecule has 0 N–H and O–H groups in total. The number of hydrogen-bond acceptors (Lipinski definition) is 4. The number of amides is 2. The average molecular weight is 489 g/mol. The molecule has 186 valence electrons. The third-order valence-corrected chi connectivity index (χ3v) is 7.20. The number of nitrogens with zero attached hydrogens (tertiary/aromatic N) is 2. The van der Waals surface area contributed by atoms with E-state index in [9.17, 15) is 14.0 Å². The molecule has 1 aliphatic rings. The molecule has 0 saturated heterocycles. The summed E-state index contributed by atoms with van der Waals surface area (Å²) in [7, 11) is 1.60. The Morgan fingerprint density at radius 2 is 1.94 bits per heavy atom. The smallest absolute Gasteiger partial charge is 0.242 e. The monoisotopic (exact) mass is 488 g/mol. The number of carbonyl (C=O) groups is 2. The fraction of sp³-hybridized carbons (Fsp3) is 0.556. The second-order valence-corrected chi connectivity index (χ2v) is 11.5. The van der Waals surface area contributed by atoms with E-state index in [-0.39, 0.29) is 41.6 Å². The Labute approximate surface area is 206 Å². The quantitative estimate of drug-likeness (QED) is 0.481. The number of rotatable bonds is 9. The highest BCUT2D eigenvalue weighted by Crippen LogP contribution is 2.38. The predicted octanol–water partition coefficient (Wildman–Crippen LogP) is 5.30. The summed E-state index contributed by atoms with van der Waals surface area (Å²) in [6.45, 7) is 9.95. The molecule has 2 atom stereocenters. The molecule has 0 aliphatic carbocycles. The number of ether oxygens (including phenoxy) is 1. The normalized spacial score (nSPS) is 16.8. The van der Waals surface area contributed by atoms with Gasteiger partial charge in [0.25, 0.3) is 0 Å². The number of benzene rings is 1. The minimum atomic E-state index is -0.302. The zero-order valence-corrected chi connectivity index (χ0v) is 21.8. The lowest BCUT2D eigenvalue weighted by Crippen LogP contribution is -2.47. The molecule has 0 bridgehead atoms. The van der Waals surface area contributed by atoms with Crippen LogP contribution in [0.5, 0.6) is 0 Å². The van der Waals surface area contributed by atoms with E-state index in [0.29, 0.717) is 26.1 Å². The highest BCUT2D eigenvalue weighted by molar-refractivity contribution is 7.10. The summed E-state index contributed by atoms with van der Waals surface area (Å²) >= 11 is 1.69. The maximum absolute atomic E-state index is 13.6. The van der Waals surface area contributed by atoms with Gasteiger partial charge in [-0.25, -0.2) is 4.39 Å². The van der Waals surface area contributed by atoms with E-state index in [0.717, 1.165) is 24.0 Å². The molecule has 7 heteroatoms. The molecule has 2 heterocycles. The second kappa shape index (κ2) is 11.5. The third kappa shape index (κ3) is 6.89. The van der Waals surface area contributed by atoms with Crippen LogP contribution >= 0.6 is 11.3 Å². The maximum atomic E-state index is 13.6. The third-order valence-electron chi connectivity index (χ3n) is 6.20. The molecule has 1 aliphatic heterocycles. The van der Waals surface area contributed by atoms with Gasteiger partial charge >= 0.3 is 0 Å². The number of methoxy groups -OCH3 is 1. The minimum Gasteiger partial charge on any atom is -0.383 e. The van der Waals surface area contributed by atoms with Crippen LogP contribution in [0.4, 0.5) is 4.39 Å². The van der Waals surface area contributed by atoms with Gasteiger partial charge in [0.1, 0.15) is 5.82 Å². The Kier molecular flexibility index (Phi) is 8.88. The first kappa shape index (κ1) is 26.4. The number of hydrogen-bond donors (Lipinski definition) is 0. The van der Waals surface area contributed by atoms with Gasteiger partial charge in [0.2, 0.25) is 11.8 Å². The Hall–Kier alpha value is -2.25. The largest absolute Gasteiger partial charge is 0.383 e. The fourth-order valence-corrected chi connectivity index (χ4v) is 5.79. The Morgan fingerprint density at radius 3 is 2.59 bits per heavy atom.